The van der Waals surface area contributed by atoms with Crippen LogP contribution in [0.15, 0.2) is 71.1 Å². The largest absolute Gasteiger partial charge is 0.496 e. The quantitative estimate of drug-likeness (QED) is 0.214. The maximum absolute atomic E-state index is 13.7. The normalized spacial score (nSPS) is 19.2. The van der Waals surface area contributed by atoms with Crippen LogP contribution in [-0.4, -0.2) is 43.1 Å². The number of Topliss-reactive ketones (excluding diaryl/α,β-unsaturated/α-hetero) is 1. The lowest BCUT2D eigenvalue weighted by molar-refractivity contribution is -0.384. The second kappa shape index (κ2) is 11.6. The van der Waals surface area contributed by atoms with E-state index in [1.807, 2.05) is 38.1 Å². The van der Waals surface area contributed by atoms with Gasteiger partial charge in [0.05, 0.1) is 30.3 Å². The zero-order valence-electron chi connectivity index (χ0n) is 22.0. The van der Waals surface area contributed by atoms with Gasteiger partial charge in [0, 0.05) is 47.4 Å². The van der Waals surface area contributed by atoms with Gasteiger partial charge in [-0.3, -0.25) is 14.9 Å². The molecule has 0 radical (unpaired) electrons. The molecule has 0 fully saturated rings. The number of dihydropyridines is 1. The first-order valence-electron chi connectivity index (χ1n) is 12.6. The fraction of sp³-hybridized carbons (Fsp3) is 0.379. The number of hydrogen-bond donors (Lipinski definition) is 1. The summed E-state index contributed by atoms with van der Waals surface area (Å²) < 4.78 is 16.6. The van der Waals surface area contributed by atoms with E-state index in [2.05, 4.69) is 5.32 Å². The molecule has 2 aromatic rings. The van der Waals surface area contributed by atoms with Crippen LogP contribution in [-0.2, 0) is 19.1 Å². The molecule has 4 rings (SSSR count). The third-order valence-corrected chi connectivity index (χ3v) is 6.83. The monoisotopic (exact) mass is 520 g/mol. The Morgan fingerprint density at radius 2 is 1.82 bits per heavy atom. The van der Waals surface area contributed by atoms with Gasteiger partial charge in [0.1, 0.15) is 12.4 Å². The molecule has 0 aromatic heterocycles. The van der Waals surface area contributed by atoms with E-state index in [9.17, 15) is 19.7 Å². The van der Waals surface area contributed by atoms with E-state index in [1.165, 1.54) is 12.1 Å². The molecular weight excluding hydrogens is 488 g/mol. The molecule has 2 aromatic carbocycles. The highest BCUT2D eigenvalue weighted by Crippen LogP contribution is 2.47. The summed E-state index contributed by atoms with van der Waals surface area (Å²) in [4.78, 5) is 37.8. The Kier molecular flexibility index (Phi) is 8.26. The van der Waals surface area contributed by atoms with Gasteiger partial charge in [-0.15, -0.1) is 0 Å². The summed E-state index contributed by atoms with van der Waals surface area (Å²) >= 11 is 0. The third kappa shape index (κ3) is 5.62. The predicted molar refractivity (Wildman–Crippen MR) is 141 cm³/mol. The van der Waals surface area contributed by atoms with Gasteiger partial charge in [0.2, 0.25) is 0 Å². The molecule has 0 unspecified atom stereocenters. The zero-order valence-corrected chi connectivity index (χ0v) is 22.0. The molecule has 200 valence electrons. The number of nitro benzene ring substituents is 1. The van der Waals surface area contributed by atoms with Crippen molar-refractivity contribution >= 4 is 17.4 Å². The number of ether oxygens (including phenoxy) is 3. The standard InChI is InChI=1S/C29H32N2O7/c1-17(2)37-13-14-38-29(33)26-18(3)30-23-15-20(22-7-5-6-8-25(22)36-4)16-24(32)28(23)27(26)19-9-11-21(12-10-19)31(34)35/h5-12,17,20,27,30H,13-16H2,1-4H3/t20-,27-/m1/s1. The van der Waals surface area contributed by atoms with Crippen LogP contribution >= 0.6 is 0 Å². The molecule has 0 bridgehead atoms. The van der Waals surface area contributed by atoms with Crippen molar-refractivity contribution in [2.45, 2.75) is 51.6 Å². The average Bonchev–Trinajstić information content (AvgIpc) is 2.90. The van der Waals surface area contributed by atoms with Crippen molar-refractivity contribution in [1.82, 2.24) is 5.32 Å². The van der Waals surface area contributed by atoms with E-state index in [1.54, 1.807) is 26.2 Å². The minimum atomic E-state index is -0.711. The molecule has 0 saturated carbocycles. The van der Waals surface area contributed by atoms with Gasteiger partial charge < -0.3 is 19.5 Å². The second-order valence-electron chi connectivity index (χ2n) is 9.66. The van der Waals surface area contributed by atoms with Crippen molar-refractivity contribution in [2.24, 2.45) is 0 Å². The van der Waals surface area contributed by atoms with Gasteiger partial charge in [-0.05, 0) is 44.4 Å². The summed E-state index contributed by atoms with van der Waals surface area (Å²) in [7, 11) is 1.61. The van der Waals surface area contributed by atoms with E-state index in [0.29, 0.717) is 28.8 Å². The predicted octanol–water partition coefficient (Wildman–Crippen LogP) is 4.93. The van der Waals surface area contributed by atoms with Crippen molar-refractivity contribution in [1.29, 1.82) is 0 Å². The minimum absolute atomic E-state index is 0.00242. The molecule has 0 saturated heterocycles. The Morgan fingerprint density at radius 1 is 1.11 bits per heavy atom. The molecular formula is C29H32N2O7. The highest BCUT2D eigenvalue weighted by molar-refractivity contribution is 6.04. The van der Waals surface area contributed by atoms with Gasteiger partial charge >= 0.3 is 5.97 Å². The summed E-state index contributed by atoms with van der Waals surface area (Å²) in [6.45, 7) is 5.88. The lowest BCUT2D eigenvalue weighted by Crippen LogP contribution is -2.36. The van der Waals surface area contributed by atoms with E-state index >= 15 is 0 Å². The van der Waals surface area contributed by atoms with Crippen molar-refractivity contribution in [3.8, 4) is 5.75 Å². The summed E-state index contributed by atoms with van der Waals surface area (Å²) in [6, 6.07) is 13.6. The number of carbonyl (C=O) groups is 2. The number of benzene rings is 2. The number of esters is 1. The van der Waals surface area contributed by atoms with Crippen molar-refractivity contribution in [3.63, 3.8) is 0 Å². The van der Waals surface area contributed by atoms with Crippen LogP contribution < -0.4 is 10.1 Å². The number of nitrogens with one attached hydrogen (secondary N) is 1. The highest BCUT2D eigenvalue weighted by Gasteiger charge is 2.42. The SMILES string of the molecule is COc1ccccc1[C@H]1CC(=O)C2=C(C1)NC(C)=C(C(=O)OCCOC(C)C)[C@H]2c1ccc([N+](=O)[O-])cc1. The van der Waals surface area contributed by atoms with Gasteiger partial charge in [-0.25, -0.2) is 4.79 Å². The summed E-state index contributed by atoms with van der Waals surface area (Å²) in [5.74, 6) is -0.748. The van der Waals surface area contributed by atoms with Crippen LogP contribution in [0.4, 0.5) is 5.69 Å². The Balaban J connectivity index is 1.72. The number of carbonyl (C=O) groups excluding carboxylic acids is 2. The summed E-state index contributed by atoms with van der Waals surface area (Å²) in [5.41, 5.74) is 3.60. The fourth-order valence-electron chi connectivity index (χ4n) is 5.15. The van der Waals surface area contributed by atoms with Crippen LogP contribution in [0.25, 0.3) is 0 Å². The lowest BCUT2D eigenvalue weighted by atomic mass is 9.71. The Bertz CT molecular complexity index is 1290. The van der Waals surface area contributed by atoms with Crippen LogP contribution in [0.3, 0.4) is 0 Å². The number of para-hydroxylation sites is 1. The molecule has 2 atom stereocenters. The number of allylic oxidation sites excluding steroid dienone is 3. The molecule has 1 aliphatic carbocycles. The Hall–Kier alpha value is -3.98. The number of ketones is 1. The number of methoxy groups -OCH3 is 1. The molecule has 9 nitrogen and oxygen atoms in total. The number of rotatable bonds is 9. The lowest BCUT2D eigenvalue weighted by Gasteiger charge is -2.37. The highest BCUT2D eigenvalue weighted by atomic mass is 16.6. The number of nitrogens with zero attached hydrogens (tertiary/aromatic N) is 1. The van der Waals surface area contributed by atoms with Gasteiger partial charge in [-0.1, -0.05) is 30.3 Å². The Labute approximate surface area is 221 Å². The fourth-order valence-corrected chi connectivity index (χ4v) is 5.15. The van der Waals surface area contributed by atoms with Crippen LogP contribution in [0.5, 0.6) is 5.75 Å². The average molecular weight is 521 g/mol. The molecule has 9 heteroatoms. The molecule has 1 heterocycles. The van der Waals surface area contributed by atoms with E-state index in [-0.39, 0.29) is 43.1 Å². The zero-order chi connectivity index (χ0) is 27.4. The van der Waals surface area contributed by atoms with Gasteiger partial charge in [0.15, 0.2) is 5.78 Å². The summed E-state index contributed by atoms with van der Waals surface area (Å²) in [5, 5.41) is 14.5. The third-order valence-electron chi connectivity index (χ3n) is 6.83. The first kappa shape index (κ1) is 27.1. The minimum Gasteiger partial charge on any atom is -0.496 e. The van der Waals surface area contributed by atoms with Crippen molar-refractivity contribution in [3.05, 3.63) is 92.3 Å². The van der Waals surface area contributed by atoms with Crippen LogP contribution in [0.1, 0.15) is 56.6 Å². The second-order valence-corrected chi connectivity index (χ2v) is 9.66. The topological polar surface area (TPSA) is 117 Å². The van der Waals surface area contributed by atoms with E-state index in [0.717, 1.165) is 17.0 Å². The maximum Gasteiger partial charge on any atom is 0.336 e. The number of nitro groups is 1. The first-order valence-corrected chi connectivity index (χ1v) is 12.6. The number of hydrogen-bond acceptors (Lipinski definition) is 8. The number of non-ortho nitro benzene ring substituents is 1. The molecule has 2 aliphatic rings. The van der Waals surface area contributed by atoms with Crippen LogP contribution in [0.2, 0.25) is 0 Å². The molecule has 1 aliphatic heterocycles. The first-order chi connectivity index (χ1) is 18.2. The van der Waals surface area contributed by atoms with E-state index in [4.69, 9.17) is 14.2 Å². The maximum atomic E-state index is 13.7. The Morgan fingerprint density at radius 3 is 2.47 bits per heavy atom. The van der Waals surface area contributed by atoms with Gasteiger partial charge in [-0.2, -0.15) is 0 Å². The van der Waals surface area contributed by atoms with Crippen LogP contribution in [0, 0.1) is 10.1 Å². The van der Waals surface area contributed by atoms with Crippen molar-refractivity contribution < 1.29 is 28.7 Å². The van der Waals surface area contributed by atoms with E-state index < -0.39 is 16.8 Å². The molecule has 0 amide bonds. The molecule has 1 N–H and O–H groups in total. The van der Waals surface area contributed by atoms with Crippen molar-refractivity contribution in [2.75, 3.05) is 20.3 Å². The molecule has 0 spiro atoms. The van der Waals surface area contributed by atoms with Gasteiger partial charge in [0.25, 0.3) is 5.69 Å². The smallest absolute Gasteiger partial charge is 0.336 e. The summed E-state index contributed by atoms with van der Waals surface area (Å²) in [6.07, 6.45) is 0.795. The molecule has 38 heavy (non-hydrogen) atoms.